The van der Waals surface area contributed by atoms with Crippen LogP contribution in [0.1, 0.15) is 0 Å². The number of furan rings is 1. The zero-order chi connectivity index (χ0) is 18.9. The number of nitrogens with one attached hydrogen (secondary N) is 1. The van der Waals surface area contributed by atoms with Gasteiger partial charge in [-0.3, -0.25) is 4.40 Å². The van der Waals surface area contributed by atoms with Crippen LogP contribution in [0.2, 0.25) is 0 Å². The number of imidazole rings is 2. The van der Waals surface area contributed by atoms with Crippen LogP contribution in [0.5, 0.6) is 0 Å². The van der Waals surface area contributed by atoms with Crippen molar-refractivity contribution in [3.05, 3.63) is 84.9 Å². The molecule has 1 N–H and O–H groups in total. The molecule has 0 amide bonds. The van der Waals surface area contributed by atoms with Gasteiger partial charge in [0.1, 0.15) is 11.2 Å². The van der Waals surface area contributed by atoms with E-state index in [4.69, 9.17) is 9.40 Å². The molecule has 0 bridgehead atoms. The Kier molecular flexibility index (Phi) is 2.71. The second kappa shape index (κ2) is 5.26. The molecular weight excluding hydrogens is 358 g/mol. The maximum absolute atomic E-state index is 6.25. The van der Waals surface area contributed by atoms with Crippen molar-refractivity contribution < 1.29 is 4.42 Å². The molecule has 0 aliphatic heterocycles. The van der Waals surface area contributed by atoms with Crippen LogP contribution in [-0.4, -0.2) is 14.4 Å². The Bertz CT molecular complexity index is 1710. The van der Waals surface area contributed by atoms with E-state index in [0.717, 1.165) is 60.9 Å². The van der Waals surface area contributed by atoms with E-state index < -0.39 is 0 Å². The fourth-order valence-electron chi connectivity index (χ4n) is 4.44. The summed E-state index contributed by atoms with van der Waals surface area (Å²) < 4.78 is 8.43. The summed E-state index contributed by atoms with van der Waals surface area (Å²) in [4.78, 5) is 8.18. The van der Waals surface area contributed by atoms with Gasteiger partial charge in [0.25, 0.3) is 0 Å². The minimum Gasteiger partial charge on any atom is -0.455 e. The van der Waals surface area contributed by atoms with Gasteiger partial charge in [-0.05, 0) is 35.9 Å². The van der Waals surface area contributed by atoms with E-state index in [0.29, 0.717) is 0 Å². The number of aromatic nitrogens is 3. The topological polar surface area (TPSA) is 46.2 Å². The molecule has 0 unspecified atom stereocenters. The minimum atomic E-state index is 0.861. The van der Waals surface area contributed by atoms with Crippen molar-refractivity contribution in [2.24, 2.45) is 0 Å². The summed E-state index contributed by atoms with van der Waals surface area (Å²) in [7, 11) is 0. The molecule has 29 heavy (non-hydrogen) atoms. The Labute approximate surface area is 165 Å². The second-order valence-corrected chi connectivity index (χ2v) is 7.40. The molecule has 4 heteroatoms. The van der Waals surface area contributed by atoms with E-state index in [1.807, 2.05) is 18.2 Å². The first-order valence-electron chi connectivity index (χ1n) is 9.66. The lowest BCUT2D eigenvalue weighted by Gasteiger charge is -2.03. The van der Waals surface area contributed by atoms with Crippen LogP contribution in [0.4, 0.5) is 0 Å². The smallest absolute Gasteiger partial charge is 0.213 e. The van der Waals surface area contributed by atoms with Gasteiger partial charge in [-0.15, -0.1) is 0 Å². The number of rotatable bonds is 1. The van der Waals surface area contributed by atoms with Crippen molar-refractivity contribution >= 4 is 49.8 Å². The van der Waals surface area contributed by atoms with Crippen molar-refractivity contribution in [3.8, 4) is 11.1 Å². The summed E-state index contributed by atoms with van der Waals surface area (Å²) >= 11 is 0. The fraction of sp³-hybridized carbons (Fsp3) is 0. The highest BCUT2D eigenvalue weighted by Crippen LogP contribution is 2.36. The van der Waals surface area contributed by atoms with Gasteiger partial charge >= 0.3 is 0 Å². The number of hydrogen-bond donors (Lipinski definition) is 1. The van der Waals surface area contributed by atoms with Gasteiger partial charge in [-0.2, -0.15) is 0 Å². The van der Waals surface area contributed by atoms with Crippen molar-refractivity contribution in [3.63, 3.8) is 0 Å². The lowest BCUT2D eigenvalue weighted by Crippen LogP contribution is -1.83. The second-order valence-electron chi connectivity index (χ2n) is 7.40. The maximum atomic E-state index is 6.25. The van der Waals surface area contributed by atoms with Crippen molar-refractivity contribution in [1.82, 2.24) is 14.4 Å². The highest BCUT2D eigenvalue weighted by molar-refractivity contribution is 6.10. The normalized spacial score (nSPS) is 12.1. The van der Waals surface area contributed by atoms with Crippen molar-refractivity contribution in [2.45, 2.75) is 0 Å². The maximum Gasteiger partial charge on any atom is 0.213 e. The van der Waals surface area contributed by atoms with Crippen LogP contribution in [0.3, 0.4) is 0 Å². The lowest BCUT2D eigenvalue weighted by molar-refractivity contribution is 0.670. The average molecular weight is 373 g/mol. The molecule has 136 valence electrons. The number of H-pyrrole nitrogens is 1. The molecule has 3 aromatic heterocycles. The zero-order valence-electron chi connectivity index (χ0n) is 15.4. The van der Waals surface area contributed by atoms with Gasteiger partial charge in [0.05, 0.1) is 22.1 Å². The van der Waals surface area contributed by atoms with E-state index >= 15 is 0 Å². The quantitative estimate of drug-likeness (QED) is 0.355. The number of aromatic amines is 1. The van der Waals surface area contributed by atoms with E-state index in [2.05, 4.69) is 76.1 Å². The Balaban J connectivity index is 1.56. The zero-order valence-corrected chi connectivity index (χ0v) is 15.4. The minimum absolute atomic E-state index is 0.861. The van der Waals surface area contributed by atoms with Gasteiger partial charge in [-0.1, -0.05) is 54.6 Å². The lowest BCUT2D eigenvalue weighted by atomic mass is 10.0. The summed E-state index contributed by atoms with van der Waals surface area (Å²) in [5.74, 6) is 0.861. The number of benzene rings is 4. The van der Waals surface area contributed by atoms with Crippen LogP contribution in [0.25, 0.3) is 60.9 Å². The van der Waals surface area contributed by atoms with Crippen LogP contribution in [-0.2, 0) is 0 Å². The van der Waals surface area contributed by atoms with Gasteiger partial charge in [0.2, 0.25) is 5.78 Å². The third-order valence-corrected chi connectivity index (χ3v) is 5.76. The molecule has 7 aromatic rings. The van der Waals surface area contributed by atoms with Crippen LogP contribution in [0.15, 0.2) is 89.3 Å². The van der Waals surface area contributed by atoms with Gasteiger partial charge in [-0.25, -0.2) is 4.98 Å². The molecule has 3 heterocycles. The Morgan fingerprint density at radius 2 is 1.62 bits per heavy atom. The predicted octanol–water partition coefficient (Wildman–Crippen LogP) is 6.54. The van der Waals surface area contributed by atoms with Crippen molar-refractivity contribution in [1.29, 1.82) is 0 Å². The highest BCUT2D eigenvalue weighted by atomic mass is 16.3. The number of hydrogen-bond acceptors (Lipinski definition) is 2. The number of nitrogens with zero attached hydrogens (tertiary/aromatic N) is 2. The molecule has 0 aliphatic carbocycles. The number of fused-ring (bicyclic) bond motifs is 8. The summed E-state index contributed by atoms with van der Waals surface area (Å²) in [5.41, 5.74) is 8.33. The van der Waals surface area contributed by atoms with Gasteiger partial charge in [0, 0.05) is 16.3 Å². The molecule has 0 radical (unpaired) electrons. The van der Waals surface area contributed by atoms with E-state index in [1.165, 1.54) is 0 Å². The van der Waals surface area contributed by atoms with E-state index in [-0.39, 0.29) is 0 Å². The molecule has 0 atom stereocenters. The first-order valence-corrected chi connectivity index (χ1v) is 9.66. The molecular formula is C25H15N3O. The molecule has 4 aromatic carbocycles. The summed E-state index contributed by atoms with van der Waals surface area (Å²) in [6, 6.07) is 29.2. The third kappa shape index (κ3) is 1.95. The first-order chi connectivity index (χ1) is 14.4. The molecule has 0 saturated heterocycles. The van der Waals surface area contributed by atoms with E-state index in [9.17, 15) is 0 Å². The molecule has 7 rings (SSSR count). The van der Waals surface area contributed by atoms with Crippen molar-refractivity contribution in [2.75, 3.05) is 0 Å². The summed E-state index contributed by atoms with van der Waals surface area (Å²) in [6.45, 7) is 0. The number of para-hydroxylation sites is 4. The Hall–Kier alpha value is -4.05. The van der Waals surface area contributed by atoms with Crippen LogP contribution >= 0.6 is 0 Å². The third-order valence-electron chi connectivity index (χ3n) is 5.76. The largest absolute Gasteiger partial charge is 0.455 e. The first kappa shape index (κ1) is 14.9. The summed E-state index contributed by atoms with van der Waals surface area (Å²) in [6.07, 6.45) is 0. The molecule has 0 spiro atoms. The highest BCUT2D eigenvalue weighted by Gasteiger charge is 2.15. The average Bonchev–Trinajstić information content (AvgIpc) is 3.42. The molecule has 0 saturated carbocycles. The van der Waals surface area contributed by atoms with Gasteiger partial charge in [0.15, 0.2) is 0 Å². The summed E-state index contributed by atoms with van der Waals surface area (Å²) in [5, 5.41) is 2.29. The fourth-order valence-corrected chi connectivity index (χ4v) is 4.44. The predicted molar refractivity (Wildman–Crippen MR) is 117 cm³/mol. The molecule has 0 aliphatic rings. The Morgan fingerprint density at radius 3 is 2.62 bits per heavy atom. The SMILES string of the molecule is c1ccc2c(c1)[nH]c1nc3ccc(-c4cccc5c4oc4ccccc45)cc3n12. The monoisotopic (exact) mass is 373 g/mol. The Morgan fingerprint density at radius 1 is 0.759 bits per heavy atom. The van der Waals surface area contributed by atoms with Gasteiger partial charge < -0.3 is 9.40 Å². The molecule has 0 fully saturated rings. The van der Waals surface area contributed by atoms with Crippen LogP contribution in [0, 0.1) is 0 Å². The molecule has 4 nitrogen and oxygen atoms in total. The van der Waals surface area contributed by atoms with Crippen LogP contribution < -0.4 is 0 Å². The van der Waals surface area contributed by atoms with E-state index in [1.54, 1.807) is 0 Å². The standard InChI is InChI=1S/C25H15N3O/c1-4-11-23-17(6-1)18-8-5-7-16(24(18)29-23)15-12-13-20-22(14-15)28-21-10-3-2-9-19(21)26-25(28)27-20/h1-14H,(H,26,27).